The molecule has 4 aromatic rings. The van der Waals surface area contributed by atoms with Crippen LogP contribution in [0.15, 0.2) is 71.1 Å². The number of hydrogen-bond donors (Lipinski definition) is 2. The van der Waals surface area contributed by atoms with Crippen molar-refractivity contribution < 1.29 is 27.9 Å². The second kappa shape index (κ2) is 11.9. The lowest BCUT2D eigenvalue weighted by molar-refractivity contribution is -0.139. The molecule has 9 heteroatoms. The van der Waals surface area contributed by atoms with Gasteiger partial charge < -0.3 is 19.4 Å². The van der Waals surface area contributed by atoms with Crippen LogP contribution in [0.1, 0.15) is 54.8 Å². The zero-order chi connectivity index (χ0) is 29.3. The molecule has 1 heterocycles. The van der Waals surface area contributed by atoms with Gasteiger partial charge in [-0.25, -0.2) is 4.79 Å². The highest BCUT2D eigenvalue weighted by molar-refractivity contribution is 7.80. The van der Waals surface area contributed by atoms with Crippen molar-refractivity contribution in [3.05, 3.63) is 83.6 Å². The minimum Gasteiger partial charge on any atom is -0.755 e. The highest BCUT2D eigenvalue weighted by Crippen LogP contribution is 2.36. The molecule has 2 unspecified atom stereocenters. The first-order valence-corrected chi connectivity index (χ1v) is 14.8. The predicted octanol–water partition coefficient (Wildman–Crippen LogP) is 6.71. The average Bonchev–Trinajstić information content (AvgIpc) is 3.71. The van der Waals surface area contributed by atoms with Crippen LogP contribution in [0.4, 0.5) is 11.4 Å². The van der Waals surface area contributed by atoms with E-state index >= 15 is 0 Å². The van der Waals surface area contributed by atoms with Crippen molar-refractivity contribution in [3.63, 3.8) is 0 Å². The van der Waals surface area contributed by atoms with Crippen molar-refractivity contribution in [3.8, 4) is 11.1 Å². The third-order valence-electron chi connectivity index (χ3n) is 7.66. The highest BCUT2D eigenvalue weighted by atomic mass is 32.2. The normalized spacial score (nSPS) is 14.7. The predicted molar refractivity (Wildman–Crippen MR) is 159 cm³/mol. The summed E-state index contributed by atoms with van der Waals surface area (Å²) in [5.74, 6) is -0.815. The number of carbonyl (C=O) groups excluding carboxylic acids is 1. The van der Waals surface area contributed by atoms with E-state index in [0.29, 0.717) is 11.4 Å². The first-order valence-electron chi connectivity index (χ1n) is 13.8. The van der Waals surface area contributed by atoms with Crippen LogP contribution in [-0.4, -0.2) is 31.8 Å². The fourth-order valence-electron chi connectivity index (χ4n) is 5.31. The molecule has 3 aromatic carbocycles. The molecule has 2 atom stereocenters. The minimum absolute atomic E-state index is 0.268. The Labute approximate surface area is 241 Å². The van der Waals surface area contributed by atoms with Crippen molar-refractivity contribution in [1.29, 1.82) is 0 Å². The maximum absolute atomic E-state index is 13.2. The Bertz CT molecular complexity index is 1590. The number of amides is 1. The lowest BCUT2D eigenvalue weighted by Crippen LogP contribution is -2.45. The van der Waals surface area contributed by atoms with E-state index in [1.54, 1.807) is 50.2 Å². The van der Waals surface area contributed by atoms with Gasteiger partial charge in [-0.05, 0) is 78.6 Å². The van der Waals surface area contributed by atoms with Crippen molar-refractivity contribution >= 4 is 45.5 Å². The van der Waals surface area contributed by atoms with Crippen molar-refractivity contribution in [1.82, 2.24) is 0 Å². The first kappa shape index (κ1) is 28.6. The summed E-state index contributed by atoms with van der Waals surface area (Å²) in [6.07, 6.45) is 4.77. The number of rotatable bonds is 11. The molecule has 2 N–H and O–H groups in total. The largest absolute Gasteiger partial charge is 0.755 e. The van der Waals surface area contributed by atoms with Crippen LogP contribution in [0, 0.1) is 18.8 Å². The van der Waals surface area contributed by atoms with Gasteiger partial charge in [0.05, 0.1) is 0 Å². The second-order valence-electron chi connectivity index (χ2n) is 11.0. The van der Waals surface area contributed by atoms with Crippen LogP contribution in [0.25, 0.3) is 22.1 Å². The molecule has 0 radical (unpaired) electrons. The van der Waals surface area contributed by atoms with E-state index in [-0.39, 0.29) is 11.6 Å². The maximum atomic E-state index is 13.2. The molecule has 0 spiro atoms. The number of fused-ring (bicyclic) bond motifs is 1. The van der Waals surface area contributed by atoms with E-state index < -0.39 is 29.2 Å². The molecule has 1 amide bonds. The number of carboxylic acids is 1. The van der Waals surface area contributed by atoms with Gasteiger partial charge in [-0.3, -0.25) is 13.3 Å². The summed E-state index contributed by atoms with van der Waals surface area (Å²) in [6, 6.07) is 18.7. The van der Waals surface area contributed by atoms with E-state index in [4.69, 9.17) is 4.42 Å². The van der Waals surface area contributed by atoms with Crippen molar-refractivity contribution in [2.75, 3.05) is 9.62 Å². The van der Waals surface area contributed by atoms with Gasteiger partial charge in [0.25, 0.3) is 5.91 Å². The van der Waals surface area contributed by atoms with Crippen LogP contribution >= 0.6 is 0 Å². The van der Waals surface area contributed by atoms with Gasteiger partial charge in [-0.15, -0.1) is 0 Å². The summed E-state index contributed by atoms with van der Waals surface area (Å²) in [5, 5.41) is 13.5. The molecule has 1 aliphatic carbocycles. The molecule has 214 valence electrons. The number of aryl methyl sites for hydroxylation is 2. The maximum Gasteiger partial charge on any atom is 0.327 e. The number of anilines is 2. The highest BCUT2D eigenvalue weighted by Gasteiger charge is 2.30. The van der Waals surface area contributed by atoms with Gasteiger partial charge in [-0.2, -0.15) is 0 Å². The van der Waals surface area contributed by atoms with Gasteiger partial charge in [-0.1, -0.05) is 63.1 Å². The Hall–Kier alpha value is -3.95. The fraction of sp³-hybridized carbons (Fsp3) is 0.312. The van der Waals surface area contributed by atoms with Gasteiger partial charge >= 0.3 is 5.97 Å². The zero-order valence-electron chi connectivity index (χ0n) is 23.3. The Balaban J connectivity index is 1.30. The molecular formula is C32H33N2O6S-. The molecule has 1 saturated carbocycles. The van der Waals surface area contributed by atoms with Crippen molar-refractivity contribution in [2.24, 2.45) is 11.8 Å². The number of carboxylic acid groups (broad SMARTS) is 1. The summed E-state index contributed by atoms with van der Waals surface area (Å²) < 4.78 is 30.7. The summed E-state index contributed by atoms with van der Waals surface area (Å²) in [7, 11) is 0. The van der Waals surface area contributed by atoms with E-state index in [9.17, 15) is 23.5 Å². The molecule has 8 nitrogen and oxygen atoms in total. The second-order valence-corrected chi connectivity index (χ2v) is 11.8. The quantitative estimate of drug-likeness (QED) is 0.192. The van der Waals surface area contributed by atoms with E-state index in [1.807, 2.05) is 31.2 Å². The number of carbonyl (C=O) groups is 2. The van der Waals surface area contributed by atoms with Crippen LogP contribution in [0.2, 0.25) is 0 Å². The molecule has 1 aromatic heterocycles. The molecule has 0 bridgehead atoms. The molecule has 0 aliphatic heterocycles. The lowest BCUT2D eigenvalue weighted by atomic mass is 10.0. The van der Waals surface area contributed by atoms with Gasteiger partial charge in [0.2, 0.25) is 0 Å². The Kier molecular flexibility index (Phi) is 8.28. The number of nitrogens with zero attached hydrogens (tertiary/aromatic N) is 1. The SMILES string of the molecule is Cc1c(C(=O)Nc2ccc(-c3ccc(N(C(C(=O)O)C(C)C)S(=O)[O-])cc3)cc2)oc2cccc(CCC3CC3)c12. The Morgan fingerprint density at radius 1 is 1.05 bits per heavy atom. The number of hydrogen-bond acceptors (Lipinski definition) is 5. The Morgan fingerprint density at radius 2 is 1.68 bits per heavy atom. The number of nitrogens with one attached hydrogen (secondary N) is 1. The van der Waals surface area contributed by atoms with Gasteiger partial charge in [0.1, 0.15) is 11.6 Å². The van der Waals surface area contributed by atoms with E-state index in [1.165, 1.54) is 18.4 Å². The molecule has 1 fully saturated rings. The molecular weight excluding hydrogens is 540 g/mol. The van der Waals surface area contributed by atoms with Crippen LogP contribution in [0.3, 0.4) is 0 Å². The Morgan fingerprint density at radius 3 is 2.24 bits per heavy atom. The lowest BCUT2D eigenvalue weighted by Gasteiger charge is -2.34. The van der Waals surface area contributed by atoms with E-state index in [2.05, 4.69) is 11.4 Å². The fourth-order valence-corrected chi connectivity index (χ4v) is 6.12. The smallest absolute Gasteiger partial charge is 0.327 e. The monoisotopic (exact) mass is 573 g/mol. The van der Waals surface area contributed by atoms with Gasteiger partial charge in [0, 0.05) is 33.6 Å². The number of furan rings is 1. The molecule has 0 saturated heterocycles. The van der Waals surface area contributed by atoms with Crippen molar-refractivity contribution in [2.45, 2.75) is 52.5 Å². The van der Waals surface area contributed by atoms with Crippen LogP contribution < -0.4 is 9.62 Å². The number of aliphatic carboxylic acids is 1. The molecule has 1 aliphatic rings. The zero-order valence-corrected chi connectivity index (χ0v) is 24.1. The topological polar surface area (TPSA) is 123 Å². The van der Waals surface area contributed by atoms with Gasteiger partial charge in [0.15, 0.2) is 5.76 Å². The third-order valence-corrected chi connectivity index (χ3v) is 8.42. The third kappa shape index (κ3) is 6.21. The number of benzene rings is 3. The van der Waals surface area contributed by atoms with Crippen LogP contribution in [0.5, 0.6) is 0 Å². The summed E-state index contributed by atoms with van der Waals surface area (Å²) in [5.41, 5.74) is 5.33. The average molecular weight is 574 g/mol. The van der Waals surface area contributed by atoms with E-state index in [0.717, 1.165) is 50.7 Å². The first-order chi connectivity index (χ1) is 19.6. The minimum atomic E-state index is -2.76. The summed E-state index contributed by atoms with van der Waals surface area (Å²) >= 11 is -2.76. The summed E-state index contributed by atoms with van der Waals surface area (Å²) in [6.45, 7) is 5.25. The van der Waals surface area contributed by atoms with Crippen LogP contribution in [-0.2, 0) is 22.5 Å². The molecule has 5 rings (SSSR count). The molecule has 41 heavy (non-hydrogen) atoms. The standard InChI is InChI=1S/C32H34N2O6S/c1-19(2)29(32(36)37)34(41(38)39)26-17-13-23(14-18-26)22-11-15-25(16-12-22)33-31(35)30-20(3)28-24(10-9-21-7-8-21)5-4-6-27(28)40-30/h4-6,11-19,21,29H,7-10H2,1-3H3,(H,33,35)(H,36,37)(H,38,39)/p-1. The summed E-state index contributed by atoms with van der Waals surface area (Å²) in [4.78, 5) is 24.9.